The van der Waals surface area contributed by atoms with Crippen LogP contribution in [0.4, 0.5) is 5.69 Å². The summed E-state index contributed by atoms with van der Waals surface area (Å²) in [5.41, 5.74) is 2.97. The zero-order valence-corrected chi connectivity index (χ0v) is 17.2. The Morgan fingerprint density at radius 1 is 1.14 bits per heavy atom. The third kappa shape index (κ3) is 5.15. The normalized spacial score (nSPS) is 14.5. The van der Waals surface area contributed by atoms with Gasteiger partial charge in [0.25, 0.3) is 11.8 Å². The lowest BCUT2D eigenvalue weighted by Crippen LogP contribution is -2.30. The Balaban J connectivity index is 1.62. The lowest BCUT2D eigenvalue weighted by molar-refractivity contribution is -0.127. The fourth-order valence-electron chi connectivity index (χ4n) is 3.39. The number of anilines is 1. The van der Waals surface area contributed by atoms with Gasteiger partial charge in [-0.25, -0.2) is 0 Å². The van der Waals surface area contributed by atoms with Crippen LogP contribution in [0.3, 0.4) is 0 Å². The van der Waals surface area contributed by atoms with E-state index >= 15 is 0 Å². The van der Waals surface area contributed by atoms with Crippen LogP contribution in [0.1, 0.15) is 41.3 Å². The molecule has 1 heterocycles. The Hall–Kier alpha value is -2.86. The molecule has 29 heavy (non-hydrogen) atoms. The molecule has 0 bridgehead atoms. The molecule has 2 amide bonds. The molecule has 1 aliphatic rings. The van der Waals surface area contributed by atoms with E-state index < -0.39 is 6.10 Å². The topological polar surface area (TPSA) is 67.9 Å². The van der Waals surface area contributed by atoms with Gasteiger partial charge in [0.1, 0.15) is 11.9 Å². The zero-order valence-electron chi connectivity index (χ0n) is 17.2. The lowest BCUT2D eigenvalue weighted by atomic mass is 10.1. The highest BCUT2D eigenvalue weighted by Crippen LogP contribution is 2.23. The molecule has 1 atom stereocenters. The summed E-state index contributed by atoms with van der Waals surface area (Å²) in [5, 5.41) is 2.90. The molecule has 0 saturated carbocycles. The van der Waals surface area contributed by atoms with Gasteiger partial charge in [-0.05, 0) is 62.1 Å². The van der Waals surface area contributed by atoms with Crippen molar-refractivity contribution in [3.05, 3.63) is 59.2 Å². The molecule has 0 aromatic heterocycles. The Morgan fingerprint density at radius 3 is 2.59 bits per heavy atom. The summed E-state index contributed by atoms with van der Waals surface area (Å²) >= 11 is 0. The van der Waals surface area contributed by atoms with Gasteiger partial charge in [-0.1, -0.05) is 18.2 Å². The molecule has 6 heteroatoms. The molecule has 1 fully saturated rings. The second kappa shape index (κ2) is 9.56. The monoisotopic (exact) mass is 396 g/mol. The van der Waals surface area contributed by atoms with Gasteiger partial charge in [0.05, 0.1) is 13.7 Å². The number of ether oxygens (including phenoxy) is 2. The van der Waals surface area contributed by atoms with Crippen LogP contribution in [0.5, 0.6) is 5.75 Å². The van der Waals surface area contributed by atoms with Crippen molar-refractivity contribution in [1.29, 1.82) is 0 Å². The number of methoxy groups -OCH3 is 1. The molecule has 2 aromatic rings. The maximum Gasteiger partial charge on any atom is 0.254 e. The highest BCUT2D eigenvalue weighted by molar-refractivity contribution is 6.00. The van der Waals surface area contributed by atoms with Crippen molar-refractivity contribution in [2.24, 2.45) is 0 Å². The summed E-state index contributed by atoms with van der Waals surface area (Å²) in [6.07, 6.45) is 1.45. The second-order valence-corrected chi connectivity index (χ2v) is 7.27. The fourth-order valence-corrected chi connectivity index (χ4v) is 3.39. The number of nitrogens with zero attached hydrogens (tertiary/aromatic N) is 1. The Kier molecular flexibility index (Phi) is 6.88. The summed E-state index contributed by atoms with van der Waals surface area (Å²) in [7, 11) is 1.61. The molecule has 6 nitrogen and oxygen atoms in total. The summed E-state index contributed by atoms with van der Waals surface area (Å²) in [6.45, 7) is 5.47. The van der Waals surface area contributed by atoms with E-state index in [1.807, 2.05) is 48.2 Å². The average molecular weight is 396 g/mol. The first kappa shape index (κ1) is 20.9. The van der Waals surface area contributed by atoms with Gasteiger partial charge >= 0.3 is 0 Å². The van der Waals surface area contributed by atoms with Gasteiger partial charge in [0.15, 0.2) is 0 Å². The average Bonchev–Trinajstić information content (AvgIpc) is 3.28. The summed E-state index contributed by atoms with van der Waals surface area (Å²) in [4.78, 5) is 27.2. The molecule has 1 N–H and O–H groups in total. The van der Waals surface area contributed by atoms with Crippen molar-refractivity contribution in [3.63, 3.8) is 0 Å². The maximum absolute atomic E-state index is 12.7. The molecule has 1 saturated heterocycles. The molecule has 0 spiro atoms. The SMILES string of the molecule is COc1cccc(COC(C)C(=O)Nc2cccc(C(=O)N3CCCC3)c2C)c1. The van der Waals surface area contributed by atoms with E-state index in [-0.39, 0.29) is 11.8 Å². The van der Waals surface area contributed by atoms with Crippen molar-refractivity contribution >= 4 is 17.5 Å². The van der Waals surface area contributed by atoms with Crippen LogP contribution >= 0.6 is 0 Å². The van der Waals surface area contributed by atoms with Crippen molar-refractivity contribution in [1.82, 2.24) is 4.90 Å². The number of hydrogen-bond donors (Lipinski definition) is 1. The van der Waals surface area contributed by atoms with Gasteiger partial charge in [-0.3, -0.25) is 9.59 Å². The van der Waals surface area contributed by atoms with Crippen molar-refractivity contribution < 1.29 is 19.1 Å². The minimum atomic E-state index is -0.640. The van der Waals surface area contributed by atoms with E-state index in [0.29, 0.717) is 17.9 Å². The van der Waals surface area contributed by atoms with Crippen LogP contribution < -0.4 is 10.1 Å². The number of carbonyl (C=O) groups is 2. The number of amides is 2. The highest BCUT2D eigenvalue weighted by atomic mass is 16.5. The van der Waals surface area contributed by atoms with Gasteiger partial charge in [0.2, 0.25) is 0 Å². The molecule has 154 valence electrons. The second-order valence-electron chi connectivity index (χ2n) is 7.27. The van der Waals surface area contributed by atoms with E-state index in [1.165, 1.54) is 0 Å². The summed E-state index contributed by atoms with van der Waals surface area (Å²) < 4.78 is 10.9. The van der Waals surface area contributed by atoms with E-state index in [9.17, 15) is 9.59 Å². The van der Waals surface area contributed by atoms with Crippen LogP contribution in [0, 0.1) is 6.92 Å². The number of rotatable bonds is 7. The van der Waals surface area contributed by atoms with Crippen LogP contribution in [0.15, 0.2) is 42.5 Å². The molecule has 1 unspecified atom stereocenters. The molecule has 1 aliphatic heterocycles. The first-order valence-corrected chi connectivity index (χ1v) is 9.94. The number of benzene rings is 2. The van der Waals surface area contributed by atoms with Crippen LogP contribution in [0.25, 0.3) is 0 Å². The quantitative estimate of drug-likeness (QED) is 0.773. The van der Waals surface area contributed by atoms with Gasteiger partial charge < -0.3 is 19.7 Å². The number of likely N-dealkylation sites (tertiary alicyclic amines) is 1. The highest BCUT2D eigenvalue weighted by Gasteiger charge is 2.22. The van der Waals surface area contributed by atoms with E-state index in [4.69, 9.17) is 9.47 Å². The third-order valence-electron chi connectivity index (χ3n) is 5.22. The van der Waals surface area contributed by atoms with Gasteiger partial charge in [-0.15, -0.1) is 0 Å². The minimum Gasteiger partial charge on any atom is -0.497 e. The largest absolute Gasteiger partial charge is 0.497 e. The van der Waals surface area contributed by atoms with Crippen molar-refractivity contribution in [3.8, 4) is 5.75 Å². The van der Waals surface area contributed by atoms with Crippen molar-refractivity contribution in [2.75, 3.05) is 25.5 Å². The number of nitrogens with one attached hydrogen (secondary N) is 1. The van der Waals surface area contributed by atoms with Crippen LogP contribution in [-0.2, 0) is 16.1 Å². The zero-order chi connectivity index (χ0) is 20.8. The minimum absolute atomic E-state index is 0.0263. The van der Waals surface area contributed by atoms with Crippen LogP contribution in [0.2, 0.25) is 0 Å². The molecule has 0 aliphatic carbocycles. The maximum atomic E-state index is 12.7. The smallest absolute Gasteiger partial charge is 0.254 e. The summed E-state index contributed by atoms with van der Waals surface area (Å²) in [6, 6.07) is 13.0. The van der Waals surface area contributed by atoms with E-state index in [1.54, 1.807) is 20.1 Å². The molecule has 0 radical (unpaired) electrons. The first-order chi connectivity index (χ1) is 14.0. The molecular weight excluding hydrogens is 368 g/mol. The van der Waals surface area contributed by atoms with E-state index in [0.717, 1.165) is 42.8 Å². The molecule has 2 aromatic carbocycles. The Bertz CT molecular complexity index is 875. The van der Waals surface area contributed by atoms with Crippen molar-refractivity contribution in [2.45, 2.75) is 39.4 Å². The van der Waals surface area contributed by atoms with Gasteiger partial charge in [0, 0.05) is 24.3 Å². The molecular formula is C23H28N2O4. The van der Waals surface area contributed by atoms with E-state index in [2.05, 4.69) is 5.32 Å². The third-order valence-corrected chi connectivity index (χ3v) is 5.22. The fraction of sp³-hybridized carbons (Fsp3) is 0.391. The van der Waals surface area contributed by atoms with Crippen LogP contribution in [-0.4, -0.2) is 43.0 Å². The predicted octanol–water partition coefficient (Wildman–Crippen LogP) is 3.78. The number of hydrogen-bond acceptors (Lipinski definition) is 4. The number of carbonyl (C=O) groups excluding carboxylic acids is 2. The standard InChI is InChI=1S/C23H28N2O4/c1-16-20(23(27)25-12-4-5-13-25)10-7-11-21(16)24-22(26)17(2)29-15-18-8-6-9-19(14-18)28-3/h6-11,14,17H,4-5,12-13,15H2,1-3H3,(H,24,26). The first-order valence-electron chi connectivity index (χ1n) is 9.94. The Morgan fingerprint density at radius 2 is 1.86 bits per heavy atom. The van der Waals surface area contributed by atoms with Gasteiger partial charge in [-0.2, -0.15) is 0 Å². The lowest BCUT2D eigenvalue weighted by Gasteiger charge is -2.19. The summed E-state index contributed by atoms with van der Waals surface area (Å²) in [5.74, 6) is 0.526. The molecule has 3 rings (SSSR count). The Labute approximate surface area is 171 Å². The predicted molar refractivity (Wildman–Crippen MR) is 112 cm³/mol.